The Morgan fingerprint density at radius 3 is 2.77 bits per heavy atom. The molecule has 3 rings (SSSR count). The maximum absolute atomic E-state index is 12.4. The summed E-state index contributed by atoms with van der Waals surface area (Å²) >= 11 is 6.01. The van der Waals surface area contributed by atoms with Gasteiger partial charge in [-0.3, -0.25) is 9.59 Å². The van der Waals surface area contributed by atoms with Gasteiger partial charge in [-0.25, -0.2) is 4.98 Å². The number of anilines is 3. The molecule has 0 fully saturated rings. The van der Waals surface area contributed by atoms with Gasteiger partial charge in [0.1, 0.15) is 22.8 Å². The van der Waals surface area contributed by atoms with Crippen LogP contribution in [0.1, 0.15) is 19.4 Å². The van der Waals surface area contributed by atoms with Crippen LogP contribution in [0.2, 0.25) is 5.15 Å². The minimum Gasteiger partial charge on any atom is -0.373 e. The number of hydrogen-bond donors (Lipinski definition) is 3. The highest BCUT2D eigenvalue weighted by atomic mass is 35.5. The molecule has 0 bridgehead atoms. The van der Waals surface area contributed by atoms with Crippen molar-refractivity contribution >= 4 is 45.5 Å². The van der Waals surface area contributed by atoms with Crippen LogP contribution in [0.15, 0.2) is 41.3 Å². The van der Waals surface area contributed by atoms with Gasteiger partial charge in [0.05, 0.1) is 11.2 Å². The first-order chi connectivity index (χ1) is 14.3. The Morgan fingerprint density at radius 1 is 1.30 bits per heavy atom. The number of benzene rings is 1. The van der Waals surface area contributed by atoms with Crippen molar-refractivity contribution in [3.8, 4) is 6.07 Å². The highest BCUT2D eigenvalue weighted by Gasteiger charge is 2.15. The van der Waals surface area contributed by atoms with Gasteiger partial charge in [0, 0.05) is 42.6 Å². The van der Waals surface area contributed by atoms with E-state index in [0.29, 0.717) is 29.1 Å². The van der Waals surface area contributed by atoms with Crippen molar-refractivity contribution in [1.29, 1.82) is 5.26 Å². The molecule has 2 aromatic heterocycles. The Morgan fingerprint density at radius 2 is 2.07 bits per heavy atom. The van der Waals surface area contributed by atoms with Gasteiger partial charge in [0.2, 0.25) is 5.91 Å². The Labute approximate surface area is 178 Å². The summed E-state index contributed by atoms with van der Waals surface area (Å²) in [6, 6.07) is 10.1. The fourth-order valence-corrected chi connectivity index (χ4v) is 3.29. The lowest BCUT2D eigenvalue weighted by Crippen LogP contribution is -2.37. The number of aryl methyl sites for hydroxylation is 1. The molecule has 8 nitrogen and oxygen atoms in total. The molecular weight excluding hydrogens is 404 g/mol. The molecule has 2 heterocycles. The van der Waals surface area contributed by atoms with Crippen LogP contribution in [-0.4, -0.2) is 28.0 Å². The second kappa shape index (κ2) is 8.84. The maximum atomic E-state index is 12.4. The van der Waals surface area contributed by atoms with Gasteiger partial charge in [0.15, 0.2) is 0 Å². The largest absolute Gasteiger partial charge is 0.373 e. The first-order valence-corrected chi connectivity index (χ1v) is 9.73. The van der Waals surface area contributed by atoms with Gasteiger partial charge in [-0.1, -0.05) is 11.6 Å². The van der Waals surface area contributed by atoms with Crippen molar-refractivity contribution in [2.45, 2.75) is 19.9 Å². The number of aromatic nitrogens is 2. The Kier molecular flexibility index (Phi) is 6.23. The fourth-order valence-electron chi connectivity index (χ4n) is 3.09. The third-order valence-electron chi connectivity index (χ3n) is 4.66. The second-order valence-electron chi connectivity index (χ2n) is 6.71. The number of carbonyl (C=O) groups is 1. The minimum absolute atomic E-state index is 0.115. The number of rotatable bonds is 6. The third-order valence-corrected chi connectivity index (χ3v) is 4.94. The van der Waals surface area contributed by atoms with E-state index in [1.807, 2.05) is 19.1 Å². The smallest absolute Gasteiger partial charge is 0.252 e. The van der Waals surface area contributed by atoms with E-state index in [0.717, 1.165) is 5.39 Å². The molecular formula is C21H21ClN6O2. The van der Waals surface area contributed by atoms with E-state index in [2.05, 4.69) is 20.9 Å². The van der Waals surface area contributed by atoms with Crippen LogP contribution in [0.4, 0.5) is 17.1 Å². The summed E-state index contributed by atoms with van der Waals surface area (Å²) in [5.74, 6) is -0.161. The first kappa shape index (κ1) is 21.1. The Bertz CT molecular complexity index is 1210. The molecule has 0 aliphatic rings. The number of hydrogen-bond acceptors (Lipinski definition) is 6. The van der Waals surface area contributed by atoms with Gasteiger partial charge in [-0.05, 0) is 38.1 Å². The van der Waals surface area contributed by atoms with E-state index >= 15 is 0 Å². The molecule has 154 valence electrons. The van der Waals surface area contributed by atoms with Crippen molar-refractivity contribution in [1.82, 2.24) is 14.9 Å². The van der Waals surface area contributed by atoms with Crippen LogP contribution in [-0.2, 0) is 11.8 Å². The number of amides is 1. The summed E-state index contributed by atoms with van der Waals surface area (Å²) in [5.41, 5.74) is 2.50. The highest BCUT2D eigenvalue weighted by molar-refractivity contribution is 6.31. The lowest BCUT2D eigenvalue weighted by molar-refractivity contribution is -0.121. The zero-order valence-corrected chi connectivity index (χ0v) is 17.5. The van der Waals surface area contributed by atoms with E-state index in [1.54, 1.807) is 32.2 Å². The van der Waals surface area contributed by atoms with E-state index in [1.165, 1.54) is 16.8 Å². The summed E-state index contributed by atoms with van der Waals surface area (Å²) in [6.07, 6.45) is 1.51. The van der Waals surface area contributed by atoms with Gasteiger partial charge >= 0.3 is 0 Å². The standard InChI is InChI=1S/C21H21ClN6O2/c1-4-24-21(30)12(2)26-17-10-19(29)28(3)18-6-5-13(9-14(17)18)27-16-7-8-25-20(22)15(16)11-23/h5-10,12,26H,4H2,1-3H3,(H,24,30)(H,25,27). The number of pyridine rings is 2. The molecule has 0 saturated carbocycles. The van der Waals surface area contributed by atoms with Crippen LogP contribution in [0.3, 0.4) is 0 Å². The topological polar surface area (TPSA) is 112 Å². The Hall–Kier alpha value is -3.57. The number of halogens is 1. The average Bonchev–Trinajstić information content (AvgIpc) is 2.72. The average molecular weight is 425 g/mol. The first-order valence-electron chi connectivity index (χ1n) is 9.35. The van der Waals surface area contributed by atoms with E-state index in [4.69, 9.17) is 11.6 Å². The molecule has 9 heteroatoms. The number of nitriles is 1. The lowest BCUT2D eigenvalue weighted by Gasteiger charge is -2.18. The van der Waals surface area contributed by atoms with Crippen molar-refractivity contribution < 1.29 is 4.79 Å². The van der Waals surface area contributed by atoms with Crippen molar-refractivity contribution in [3.05, 3.63) is 57.6 Å². The maximum Gasteiger partial charge on any atom is 0.252 e. The summed E-state index contributed by atoms with van der Waals surface area (Å²) in [7, 11) is 1.69. The van der Waals surface area contributed by atoms with Gasteiger partial charge in [-0.2, -0.15) is 5.26 Å². The predicted molar refractivity (Wildman–Crippen MR) is 118 cm³/mol. The number of likely N-dealkylation sites (N-methyl/N-ethyl adjacent to an activating group) is 1. The highest BCUT2D eigenvalue weighted by Crippen LogP contribution is 2.29. The number of nitrogens with zero attached hydrogens (tertiary/aromatic N) is 3. The van der Waals surface area contributed by atoms with Gasteiger partial charge < -0.3 is 20.5 Å². The molecule has 30 heavy (non-hydrogen) atoms. The molecule has 0 saturated heterocycles. The molecule has 1 unspecified atom stereocenters. The zero-order valence-electron chi connectivity index (χ0n) is 16.8. The van der Waals surface area contributed by atoms with Crippen LogP contribution in [0.25, 0.3) is 10.9 Å². The number of carbonyl (C=O) groups excluding carboxylic acids is 1. The van der Waals surface area contributed by atoms with Crippen molar-refractivity contribution in [2.75, 3.05) is 17.2 Å². The van der Waals surface area contributed by atoms with Crippen LogP contribution in [0, 0.1) is 11.3 Å². The molecule has 1 aromatic carbocycles. The molecule has 1 amide bonds. The minimum atomic E-state index is -0.527. The zero-order chi connectivity index (χ0) is 21.8. The fraction of sp³-hybridized carbons (Fsp3) is 0.238. The molecule has 0 spiro atoms. The quantitative estimate of drug-likeness (QED) is 0.524. The van der Waals surface area contributed by atoms with Crippen LogP contribution in [0.5, 0.6) is 0 Å². The molecule has 0 radical (unpaired) electrons. The molecule has 3 N–H and O–H groups in total. The third kappa shape index (κ3) is 4.21. The van der Waals surface area contributed by atoms with Crippen molar-refractivity contribution in [3.63, 3.8) is 0 Å². The normalized spacial score (nSPS) is 11.6. The van der Waals surface area contributed by atoms with E-state index in [-0.39, 0.29) is 22.2 Å². The number of nitrogens with one attached hydrogen (secondary N) is 3. The van der Waals surface area contributed by atoms with E-state index in [9.17, 15) is 14.9 Å². The molecule has 3 aromatic rings. The van der Waals surface area contributed by atoms with E-state index < -0.39 is 6.04 Å². The summed E-state index contributed by atoms with van der Waals surface area (Å²) in [6.45, 7) is 4.09. The molecule has 1 atom stereocenters. The molecule has 0 aliphatic heterocycles. The molecule has 0 aliphatic carbocycles. The second-order valence-corrected chi connectivity index (χ2v) is 7.07. The predicted octanol–water partition coefficient (Wildman–Crippen LogP) is 3.14. The van der Waals surface area contributed by atoms with Gasteiger partial charge in [0.25, 0.3) is 5.56 Å². The van der Waals surface area contributed by atoms with Gasteiger partial charge in [-0.15, -0.1) is 0 Å². The summed E-state index contributed by atoms with van der Waals surface area (Å²) < 4.78 is 1.53. The van der Waals surface area contributed by atoms with Crippen LogP contribution < -0.4 is 21.5 Å². The Balaban J connectivity index is 2.05. The summed E-state index contributed by atoms with van der Waals surface area (Å²) in [4.78, 5) is 28.4. The monoisotopic (exact) mass is 424 g/mol. The SMILES string of the molecule is CCNC(=O)C(C)Nc1cc(=O)n(C)c2ccc(Nc3ccnc(Cl)c3C#N)cc12. The summed E-state index contributed by atoms with van der Waals surface area (Å²) in [5, 5.41) is 19.3. The lowest BCUT2D eigenvalue weighted by atomic mass is 10.1. The van der Waals surface area contributed by atoms with Crippen molar-refractivity contribution in [2.24, 2.45) is 7.05 Å². The van der Waals surface area contributed by atoms with Crippen LogP contribution >= 0.6 is 11.6 Å². The number of fused-ring (bicyclic) bond motifs is 1.